The second-order valence-corrected chi connectivity index (χ2v) is 10.3. The second kappa shape index (κ2) is 10.5. The smallest absolute Gasteiger partial charge is 0.256 e. The lowest BCUT2D eigenvalue weighted by Gasteiger charge is -2.31. The Morgan fingerprint density at radius 2 is 1.74 bits per heavy atom. The molecule has 10 heteroatoms. The predicted octanol–water partition coefficient (Wildman–Crippen LogP) is 2.21. The molecule has 0 aliphatic carbocycles. The van der Waals surface area contributed by atoms with Crippen molar-refractivity contribution in [1.82, 2.24) is 9.21 Å². The van der Waals surface area contributed by atoms with Crippen molar-refractivity contribution in [2.24, 2.45) is 5.92 Å². The molecule has 0 saturated carbocycles. The molecule has 1 N–H and O–H groups in total. The van der Waals surface area contributed by atoms with Gasteiger partial charge in [0.2, 0.25) is 15.9 Å². The summed E-state index contributed by atoms with van der Waals surface area (Å²) in [4.78, 5) is 28.0. The number of piperidine rings is 1. The van der Waals surface area contributed by atoms with E-state index in [4.69, 9.17) is 9.47 Å². The number of sulfonamides is 1. The highest BCUT2D eigenvalue weighted by Gasteiger charge is 2.34. The van der Waals surface area contributed by atoms with E-state index in [9.17, 15) is 18.0 Å². The molecule has 2 heterocycles. The number of hydrogen-bond acceptors (Lipinski definition) is 6. The highest BCUT2D eigenvalue weighted by molar-refractivity contribution is 7.89. The number of ether oxygens (including phenoxy) is 2. The summed E-state index contributed by atoms with van der Waals surface area (Å²) in [6.07, 6.45) is 1.14. The Morgan fingerprint density at radius 3 is 2.44 bits per heavy atom. The van der Waals surface area contributed by atoms with Gasteiger partial charge in [0.1, 0.15) is 5.75 Å². The van der Waals surface area contributed by atoms with E-state index >= 15 is 0 Å². The van der Waals surface area contributed by atoms with Gasteiger partial charge in [0.25, 0.3) is 5.91 Å². The zero-order valence-electron chi connectivity index (χ0n) is 19.1. The molecule has 34 heavy (non-hydrogen) atoms. The third-order valence-electron chi connectivity index (χ3n) is 6.17. The number of nitrogens with one attached hydrogen (secondary N) is 1. The number of benzene rings is 2. The standard InChI is InChI=1S/C24H29N3O6S/c1-32-19-8-10-20(11-9-19)34(30,31)27-12-4-5-18(17-27)23(28)25-22-7-3-2-6-21(22)24(29)26-13-15-33-16-14-26/h2-3,6-11,18H,4-5,12-17H2,1H3,(H,25,28). The third-order valence-corrected chi connectivity index (χ3v) is 8.05. The summed E-state index contributed by atoms with van der Waals surface area (Å²) in [5.41, 5.74) is 0.843. The first-order valence-electron chi connectivity index (χ1n) is 11.3. The topological polar surface area (TPSA) is 105 Å². The van der Waals surface area contributed by atoms with E-state index in [1.165, 1.54) is 23.5 Å². The van der Waals surface area contributed by atoms with Crippen molar-refractivity contribution in [3.05, 3.63) is 54.1 Å². The molecule has 2 fully saturated rings. The van der Waals surface area contributed by atoms with E-state index in [1.807, 2.05) is 0 Å². The molecule has 2 saturated heterocycles. The van der Waals surface area contributed by atoms with Gasteiger partial charge in [-0.1, -0.05) is 12.1 Å². The van der Waals surface area contributed by atoms with Crippen LogP contribution in [-0.4, -0.2) is 75.9 Å². The summed E-state index contributed by atoms with van der Waals surface area (Å²) in [5.74, 6) is -0.406. The number of anilines is 1. The Morgan fingerprint density at radius 1 is 1.03 bits per heavy atom. The zero-order valence-corrected chi connectivity index (χ0v) is 19.9. The van der Waals surface area contributed by atoms with Crippen LogP contribution in [0.1, 0.15) is 23.2 Å². The van der Waals surface area contributed by atoms with Gasteiger partial charge in [-0.3, -0.25) is 9.59 Å². The molecule has 2 aromatic rings. The van der Waals surface area contributed by atoms with Crippen molar-refractivity contribution in [1.29, 1.82) is 0 Å². The number of carbonyl (C=O) groups excluding carboxylic acids is 2. The Bertz CT molecular complexity index is 1130. The number of nitrogens with zero attached hydrogens (tertiary/aromatic N) is 2. The van der Waals surface area contributed by atoms with Crippen LogP contribution in [0.15, 0.2) is 53.4 Å². The fourth-order valence-electron chi connectivity index (χ4n) is 4.22. The molecule has 1 atom stereocenters. The summed E-state index contributed by atoms with van der Waals surface area (Å²) < 4.78 is 38.0. The molecule has 2 aliphatic heterocycles. The average molecular weight is 488 g/mol. The van der Waals surface area contributed by atoms with Crippen LogP contribution in [0.25, 0.3) is 0 Å². The molecule has 1 unspecified atom stereocenters. The number of amides is 2. The number of morpholine rings is 1. The van der Waals surface area contributed by atoms with Gasteiger partial charge in [-0.05, 0) is 49.2 Å². The fourth-order valence-corrected chi connectivity index (χ4v) is 5.75. The number of carbonyl (C=O) groups is 2. The van der Waals surface area contributed by atoms with Crippen LogP contribution in [0.4, 0.5) is 5.69 Å². The lowest BCUT2D eigenvalue weighted by atomic mass is 9.98. The molecular weight excluding hydrogens is 458 g/mol. The summed E-state index contributed by atoms with van der Waals surface area (Å²) in [7, 11) is -2.22. The highest BCUT2D eigenvalue weighted by atomic mass is 32.2. The molecule has 2 amide bonds. The molecule has 0 spiro atoms. The largest absolute Gasteiger partial charge is 0.497 e. The van der Waals surface area contributed by atoms with Gasteiger partial charge in [0, 0.05) is 26.2 Å². The molecule has 9 nitrogen and oxygen atoms in total. The van der Waals surface area contributed by atoms with E-state index in [-0.39, 0.29) is 23.3 Å². The van der Waals surface area contributed by atoms with Gasteiger partial charge in [0.05, 0.1) is 42.4 Å². The summed E-state index contributed by atoms with van der Waals surface area (Å²) >= 11 is 0. The summed E-state index contributed by atoms with van der Waals surface area (Å²) in [6.45, 7) is 2.41. The molecule has 182 valence electrons. The Hall–Kier alpha value is -2.95. The first-order chi connectivity index (χ1) is 16.4. The van der Waals surface area contributed by atoms with Gasteiger partial charge >= 0.3 is 0 Å². The number of para-hydroxylation sites is 1. The SMILES string of the molecule is COc1ccc(S(=O)(=O)N2CCCC(C(=O)Nc3ccccc3C(=O)N3CCOCC3)C2)cc1. The molecule has 4 rings (SSSR count). The maximum absolute atomic E-state index is 13.1. The van der Waals surface area contributed by atoms with Crippen LogP contribution < -0.4 is 10.1 Å². The first kappa shape index (κ1) is 24.2. The van der Waals surface area contributed by atoms with Gasteiger partial charge in [0.15, 0.2) is 0 Å². The fraction of sp³-hybridized carbons (Fsp3) is 0.417. The normalized spacial score (nSPS) is 19.4. The number of hydrogen-bond donors (Lipinski definition) is 1. The van der Waals surface area contributed by atoms with E-state index in [0.29, 0.717) is 62.7 Å². The maximum atomic E-state index is 13.1. The predicted molar refractivity (Wildman–Crippen MR) is 126 cm³/mol. The molecule has 0 radical (unpaired) electrons. The van der Waals surface area contributed by atoms with E-state index in [2.05, 4.69) is 5.32 Å². The highest BCUT2D eigenvalue weighted by Crippen LogP contribution is 2.27. The molecule has 2 aromatic carbocycles. The zero-order chi connectivity index (χ0) is 24.1. The van der Waals surface area contributed by atoms with Crippen LogP contribution in [0.5, 0.6) is 5.75 Å². The van der Waals surface area contributed by atoms with Gasteiger partial charge in [-0.2, -0.15) is 4.31 Å². The van der Waals surface area contributed by atoms with Crippen LogP contribution in [-0.2, 0) is 19.6 Å². The second-order valence-electron chi connectivity index (χ2n) is 8.32. The maximum Gasteiger partial charge on any atom is 0.256 e. The molecular formula is C24H29N3O6S. The van der Waals surface area contributed by atoms with Crippen LogP contribution >= 0.6 is 0 Å². The lowest BCUT2D eigenvalue weighted by Crippen LogP contribution is -2.44. The van der Waals surface area contributed by atoms with Crippen LogP contribution in [0, 0.1) is 5.92 Å². The third kappa shape index (κ3) is 5.24. The van der Waals surface area contributed by atoms with Crippen molar-refractivity contribution >= 4 is 27.5 Å². The van der Waals surface area contributed by atoms with Crippen molar-refractivity contribution in [2.45, 2.75) is 17.7 Å². The minimum Gasteiger partial charge on any atom is -0.497 e. The van der Waals surface area contributed by atoms with Crippen molar-refractivity contribution in [3.63, 3.8) is 0 Å². The molecule has 0 bridgehead atoms. The average Bonchev–Trinajstić information content (AvgIpc) is 2.89. The van der Waals surface area contributed by atoms with Crippen molar-refractivity contribution in [2.75, 3.05) is 51.8 Å². The minimum atomic E-state index is -3.74. The number of methoxy groups -OCH3 is 1. The van der Waals surface area contributed by atoms with E-state index < -0.39 is 15.9 Å². The lowest BCUT2D eigenvalue weighted by molar-refractivity contribution is -0.120. The Balaban J connectivity index is 1.46. The molecule has 2 aliphatic rings. The number of rotatable bonds is 6. The van der Waals surface area contributed by atoms with Gasteiger partial charge in [-0.25, -0.2) is 8.42 Å². The van der Waals surface area contributed by atoms with Crippen LogP contribution in [0.2, 0.25) is 0 Å². The summed E-state index contributed by atoms with van der Waals surface area (Å²) in [6, 6.07) is 13.1. The Labute approximate surface area is 199 Å². The van der Waals surface area contributed by atoms with Crippen molar-refractivity contribution in [3.8, 4) is 5.75 Å². The summed E-state index contributed by atoms with van der Waals surface area (Å²) in [5, 5.41) is 2.87. The first-order valence-corrected chi connectivity index (χ1v) is 12.8. The van der Waals surface area contributed by atoms with E-state index in [1.54, 1.807) is 41.3 Å². The van der Waals surface area contributed by atoms with E-state index in [0.717, 1.165) is 0 Å². The quantitative estimate of drug-likeness (QED) is 0.670. The minimum absolute atomic E-state index is 0.0831. The van der Waals surface area contributed by atoms with Crippen LogP contribution in [0.3, 0.4) is 0 Å². The Kier molecular flexibility index (Phi) is 7.50. The monoisotopic (exact) mass is 487 g/mol. The van der Waals surface area contributed by atoms with Gasteiger partial charge in [-0.15, -0.1) is 0 Å². The van der Waals surface area contributed by atoms with Crippen molar-refractivity contribution < 1.29 is 27.5 Å². The van der Waals surface area contributed by atoms with Gasteiger partial charge < -0.3 is 19.7 Å². The molecule has 0 aromatic heterocycles.